The fraction of sp³-hybridized carbons (Fsp3) is 0.435. The molecule has 0 aliphatic carbocycles. The molecule has 11 heteroatoms. The van der Waals surface area contributed by atoms with Gasteiger partial charge < -0.3 is 14.5 Å². The van der Waals surface area contributed by atoms with Crippen LogP contribution in [0, 0.1) is 0 Å². The summed E-state index contributed by atoms with van der Waals surface area (Å²) in [5, 5.41) is 0.622. The van der Waals surface area contributed by atoms with Crippen molar-refractivity contribution in [1.82, 2.24) is 18.8 Å². The number of benzene rings is 1. The van der Waals surface area contributed by atoms with Gasteiger partial charge in [-0.1, -0.05) is 30.3 Å². The molecular weight excluding hydrogens is 522 g/mol. The molecule has 1 amide bonds. The highest BCUT2D eigenvalue weighted by molar-refractivity contribution is 9.10. The number of aromatic nitrogens is 3. The van der Waals surface area contributed by atoms with Crippen LogP contribution in [0.5, 0.6) is 0 Å². The lowest BCUT2D eigenvalue weighted by Crippen LogP contribution is -2.55. The molecule has 3 aromatic rings. The minimum atomic E-state index is -3.71. The number of rotatable bonds is 4. The van der Waals surface area contributed by atoms with E-state index in [0.717, 1.165) is 0 Å². The van der Waals surface area contributed by atoms with Crippen LogP contribution in [-0.2, 0) is 20.5 Å². The Morgan fingerprint density at radius 2 is 1.88 bits per heavy atom. The molecule has 34 heavy (non-hydrogen) atoms. The van der Waals surface area contributed by atoms with Crippen molar-refractivity contribution >= 4 is 48.9 Å². The van der Waals surface area contributed by atoms with Crippen LogP contribution in [0.15, 0.2) is 47.3 Å². The Kier molecular flexibility index (Phi) is 6.61. The highest BCUT2D eigenvalue weighted by Crippen LogP contribution is 2.34. The molecule has 182 valence electrons. The first-order chi connectivity index (χ1) is 16.0. The minimum absolute atomic E-state index is 0.115. The SMILES string of the molecule is C[C@@H]1CN(c2ncnc3c2c(Br)cn3S(=O)(=O)Cc2ccccc2)CCN1C(=O)OC(C)(C)C. The van der Waals surface area contributed by atoms with E-state index in [1.54, 1.807) is 17.0 Å². The molecule has 1 aromatic carbocycles. The lowest BCUT2D eigenvalue weighted by atomic mass is 10.2. The monoisotopic (exact) mass is 549 g/mol. The highest BCUT2D eigenvalue weighted by Gasteiger charge is 2.33. The summed E-state index contributed by atoms with van der Waals surface area (Å²) in [6, 6.07) is 8.92. The van der Waals surface area contributed by atoms with Crippen LogP contribution in [0.2, 0.25) is 0 Å². The molecule has 0 radical (unpaired) electrons. The standard InChI is InChI=1S/C23H28BrN5O4S/c1-16-12-27(10-11-28(16)22(30)33-23(2,3)4)20-19-18(24)13-29(21(19)26-15-25-20)34(31,32)14-17-8-6-5-7-9-17/h5-9,13,15-16H,10-12,14H2,1-4H3/t16-/m1/s1. The Morgan fingerprint density at radius 1 is 1.18 bits per heavy atom. The molecule has 0 spiro atoms. The summed E-state index contributed by atoms with van der Waals surface area (Å²) in [5.41, 5.74) is 0.447. The number of nitrogens with zero attached hydrogens (tertiary/aromatic N) is 5. The summed E-state index contributed by atoms with van der Waals surface area (Å²) in [6.07, 6.45) is 2.57. The fourth-order valence-corrected chi connectivity index (χ4v) is 6.14. The zero-order valence-corrected chi connectivity index (χ0v) is 22.0. The van der Waals surface area contributed by atoms with E-state index < -0.39 is 15.6 Å². The minimum Gasteiger partial charge on any atom is -0.444 e. The number of anilines is 1. The number of fused-ring (bicyclic) bond motifs is 1. The van der Waals surface area contributed by atoms with E-state index in [9.17, 15) is 13.2 Å². The molecule has 1 aliphatic rings. The van der Waals surface area contributed by atoms with E-state index in [-0.39, 0.29) is 17.9 Å². The van der Waals surface area contributed by atoms with Gasteiger partial charge in [-0.3, -0.25) is 0 Å². The zero-order chi connectivity index (χ0) is 24.7. The Morgan fingerprint density at radius 3 is 2.53 bits per heavy atom. The first-order valence-electron chi connectivity index (χ1n) is 11.0. The van der Waals surface area contributed by atoms with E-state index in [0.29, 0.717) is 46.5 Å². The van der Waals surface area contributed by atoms with Crippen LogP contribution in [0.25, 0.3) is 11.0 Å². The van der Waals surface area contributed by atoms with E-state index in [1.807, 2.05) is 45.9 Å². The van der Waals surface area contributed by atoms with Gasteiger partial charge in [-0.2, -0.15) is 0 Å². The first-order valence-corrected chi connectivity index (χ1v) is 13.4. The van der Waals surface area contributed by atoms with Crippen molar-refractivity contribution in [2.75, 3.05) is 24.5 Å². The third-order valence-electron chi connectivity index (χ3n) is 5.53. The molecule has 9 nitrogen and oxygen atoms in total. The van der Waals surface area contributed by atoms with Crippen LogP contribution < -0.4 is 4.90 Å². The zero-order valence-electron chi connectivity index (χ0n) is 19.6. The maximum Gasteiger partial charge on any atom is 0.410 e. The van der Waals surface area contributed by atoms with Gasteiger partial charge in [-0.05, 0) is 49.2 Å². The lowest BCUT2D eigenvalue weighted by molar-refractivity contribution is 0.0158. The molecular formula is C23H28BrN5O4S. The van der Waals surface area contributed by atoms with Crippen molar-refractivity contribution < 1.29 is 17.9 Å². The third-order valence-corrected chi connectivity index (χ3v) is 7.71. The quantitative estimate of drug-likeness (QED) is 0.484. The molecule has 0 unspecified atom stereocenters. The van der Waals surface area contributed by atoms with Crippen LogP contribution in [0.1, 0.15) is 33.3 Å². The van der Waals surface area contributed by atoms with Crippen LogP contribution in [-0.4, -0.2) is 64.6 Å². The topological polar surface area (TPSA) is 97.6 Å². The number of carbonyl (C=O) groups is 1. The second-order valence-electron chi connectivity index (χ2n) is 9.38. The molecule has 0 N–H and O–H groups in total. The number of ether oxygens (including phenoxy) is 1. The maximum absolute atomic E-state index is 13.2. The Labute approximate surface area is 207 Å². The second kappa shape index (κ2) is 9.18. The van der Waals surface area contributed by atoms with E-state index >= 15 is 0 Å². The molecule has 2 aromatic heterocycles. The maximum atomic E-state index is 13.2. The van der Waals surface area contributed by atoms with Crippen LogP contribution in [0.3, 0.4) is 0 Å². The summed E-state index contributed by atoms with van der Waals surface area (Å²) in [4.78, 5) is 25.1. The van der Waals surface area contributed by atoms with Crippen molar-refractivity contribution in [1.29, 1.82) is 0 Å². The highest BCUT2D eigenvalue weighted by atomic mass is 79.9. The summed E-state index contributed by atoms with van der Waals surface area (Å²) in [6.45, 7) is 9.02. The Hall–Kier alpha value is -2.66. The van der Waals surface area contributed by atoms with Gasteiger partial charge in [0.15, 0.2) is 5.65 Å². The number of carbonyl (C=O) groups excluding carboxylic acids is 1. The predicted molar refractivity (Wildman–Crippen MR) is 134 cm³/mol. The molecule has 0 bridgehead atoms. The molecule has 4 rings (SSSR count). The second-order valence-corrected chi connectivity index (χ2v) is 12.1. The Balaban J connectivity index is 1.62. The van der Waals surface area contributed by atoms with Crippen molar-refractivity contribution in [3.8, 4) is 0 Å². The van der Waals surface area contributed by atoms with Gasteiger partial charge in [-0.15, -0.1) is 0 Å². The fourth-order valence-electron chi connectivity index (χ4n) is 4.02. The normalized spacial score (nSPS) is 17.3. The van der Waals surface area contributed by atoms with Gasteiger partial charge in [0.1, 0.15) is 17.7 Å². The first kappa shape index (κ1) is 24.5. The smallest absolute Gasteiger partial charge is 0.410 e. The van der Waals surface area contributed by atoms with Gasteiger partial charge in [0.2, 0.25) is 10.0 Å². The largest absolute Gasteiger partial charge is 0.444 e. The van der Waals surface area contributed by atoms with Crippen molar-refractivity contribution in [3.63, 3.8) is 0 Å². The summed E-state index contributed by atoms with van der Waals surface area (Å²) >= 11 is 3.52. The molecule has 0 saturated carbocycles. The van der Waals surface area contributed by atoms with Gasteiger partial charge in [-0.25, -0.2) is 27.2 Å². The average Bonchev–Trinajstić information content (AvgIpc) is 3.10. The summed E-state index contributed by atoms with van der Waals surface area (Å²) < 4.78 is 33.8. The molecule has 3 heterocycles. The number of hydrogen-bond donors (Lipinski definition) is 0. The molecule has 1 fully saturated rings. The van der Waals surface area contributed by atoms with E-state index in [1.165, 1.54) is 16.5 Å². The van der Waals surface area contributed by atoms with Crippen molar-refractivity contribution in [2.45, 2.75) is 45.1 Å². The third kappa shape index (κ3) is 5.05. The molecule has 1 atom stereocenters. The van der Waals surface area contributed by atoms with Gasteiger partial charge in [0.25, 0.3) is 0 Å². The number of halogens is 1. The van der Waals surface area contributed by atoms with Crippen LogP contribution >= 0.6 is 15.9 Å². The van der Waals surface area contributed by atoms with Gasteiger partial charge >= 0.3 is 6.09 Å². The number of hydrogen-bond acceptors (Lipinski definition) is 7. The van der Waals surface area contributed by atoms with Crippen molar-refractivity contribution in [2.24, 2.45) is 0 Å². The lowest BCUT2D eigenvalue weighted by Gasteiger charge is -2.40. The summed E-state index contributed by atoms with van der Waals surface area (Å²) in [5.74, 6) is 0.482. The van der Waals surface area contributed by atoms with Gasteiger partial charge in [0, 0.05) is 36.3 Å². The van der Waals surface area contributed by atoms with Crippen molar-refractivity contribution in [3.05, 3.63) is 52.9 Å². The predicted octanol–water partition coefficient (Wildman–Crippen LogP) is 4.02. The molecule has 1 saturated heterocycles. The molecule has 1 aliphatic heterocycles. The van der Waals surface area contributed by atoms with Gasteiger partial charge in [0.05, 0.1) is 11.1 Å². The number of amides is 1. The average molecular weight is 550 g/mol. The van der Waals surface area contributed by atoms with Crippen LogP contribution in [0.4, 0.5) is 10.6 Å². The number of piperazine rings is 1. The van der Waals surface area contributed by atoms with E-state index in [4.69, 9.17) is 4.74 Å². The van der Waals surface area contributed by atoms with E-state index in [2.05, 4.69) is 30.8 Å². The summed E-state index contributed by atoms with van der Waals surface area (Å²) in [7, 11) is -3.71. The Bertz CT molecular complexity index is 1300.